The number of rotatable bonds is 6. The summed E-state index contributed by atoms with van der Waals surface area (Å²) in [5.41, 5.74) is 18.4. The second-order valence-corrected chi connectivity index (χ2v) is 10.0. The summed E-state index contributed by atoms with van der Waals surface area (Å²) >= 11 is 0. The zero-order valence-electron chi connectivity index (χ0n) is 19.5. The van der Waals surface area contributed by atoms with Crippen molar-refractivity contribution < 1.29 is 49.6 Å². The molecule has 0 bridgehead atoms. The van der Waals surface area contributed by atoms with E-state index >= 15 is 0 Å². The molecule has 3 aliphatic rings. The average Bonchev–Trinajstić information content (AvgIpc) is 3.05. The minimum Gasteiger partial charge on any atom is -0.394 e. The Labute approximate surface area is 206 Å². The van der Waals surface area contributed by atoms with E-state index in [0.29, 0.717) is 10.8 Å². The quantitative estimate of drug-likeness (QED) is 0.0892. The maximum absolute atomic E-state index is 10.6. The summed E-state index contributed by atoms with van der Waals surface area (Å²) in [6, 6.07) is -2.67. The van der Waals surface area contributed by atoms with Gasteiger partial charge in [-0.1, -0.05) is 11.1 Å². The van der Waals surface area contributed by atoms with Crippen molar-refractivity contribution in [2.24, 2.45) is 23.1 Å². The highest BCUT2D eigenvalue weighted by molar-refractivity contribution is 7.86. The normalized spacial score (nSPS) is 49.8. The number of aliphatic hydroxyl groups is 6. The van der Waals surface area contributed by atoms with Gasteiger partial charge in [-0.3, -0.25) is 0 Å². The lowest BCUT2D eigenvalue weighted by Gasteiger charge is -2.43. The van der Waals surface area contributed by atoms with Crippen molar-refractivity contribution in [3.8, 4) is 5.18 Å². The Balaban J connectivity index is 1.81. The minimum absolute atomic E-state index is 0.0469. The van der Waals surface area contributed by atoms with Crippen molar-refractivity contribution in [2.75, 3.05) is 6.61 Å². The summed E-state index contributed by atoms with van der Waals surface area (Å²) in [6.45, 7) is 1.17. The van der Waals surface area contributed by atoms with Gasteiger partial charge in [0.1, 0.15) is 42.7 Å². The number of hydrogen-bond acceptors (Lipinski definition) is 13. The van der Waals surface area contributed by atoms with Crippen LogP contribution in [0.2, 0.25) is 0 Å². The zero-order chi connectivity index (χ0) is 26.0. The van der Waals surface area contributed by atoms with Crippen LogP contribution in [0.5, 0.6) is 0 Å². The Bertz CT molecular complexity index is 805. The molecular formula is C21H39N3O10S. The van der Waals surface area contributed by atoms with Gasteiger partial charge in [0.05, 0.1) is 24.9 Å². The molecule has 14 heteroatoms. The molecule has 2 saturated heterocycles. The van der Waals surface area contributed by atoms with Gasteiger partial charge in [-0.05, 0) is 13.3 Å². The monoisotopic (exact) mass is 525 g/mol. The van der Waals surface area contributed by atoms with Crippen LogP contribution >= 0.6 is 10.8 Å². The Morgan fingerprint density at radius 2 is 1.63 bits per heavy atom. The fourth-order valence-electron chi connectivity index (χ4n) is 4.72. The Morgan fingerprint density at radius 1 is 0.943 bits per heavy atom. The molecule has 35 heavy (non-hydrogen) atoms. The van der Waals surface area contributed by atoms with Gasteiger partial charge in [-0.2, -0.15) is 0 Å². The maximum atomic E-state index is 10.6. The first-order valence-electron chi connectivity index (χ1n) is 11.6. The third-order valence-electron chi connectivity index (χ3n) is 6.87. The van der Waals surface area contributed by atoms with E-state index < -0.39 is 92.2 Å². The van der Waals surface area contributed by atoms with Gasteiger partial charge in [0, 0.05) is 24.4 Å². The van der Waals surface area contributed by atoms with Crippen LogP contribution in [0, 0.1) is 11.1 Å². The molecule has 0 aromatic heterocycles. The predicted octanol–water partition coefficient (Wildman–Crippen LogP) is -4.73. The Hall–Kier alpha value is -0.650. The highest BCUT2D eigenvalue weighted by Crippen LogP contribution is 2.33. The lowest BCUT2D eigenvalue weighted by molar-refractivity contribution is -0.298. The second-order valence-electron chi connectivity index (χ2n) is 9.45. The third kappa shape index (κ3) is 6.26. The Morgan fingerprint density at radius 3 is 2.26 bits per heavy atom. The van der Waals surface area contributed by atoms with Crippen molar-refractivity contribution in [3.05, 3.63) is 0 Å². The molecule has 0 radical (unpaired) electrons. The number of nitrogens with two attached hydrogens (primary N) is 3. The van der Waals surface area contributed by atoms with Gasteiger partial charge >= 0.3 is 0 Å². The maximum Gasteiger partial charge on any atom is 0.187 e. The number of aliphatic hydroxyl groups excluding tert-OH is 6. The first kappa shape index (κ1) is 28.9. The van der Waals surface area contributed by atoms with Crippen LogP contribution in [0.3, 0.4) is 0 Å². The van der Waals surface area contributed by atoms with Crippen LogP contribution < -0.4 is 17.2 Å². The molecule has 3 rings (SSSR count). The molecular weight excluding hydrogens is 486 g/mol. The van der Waals surface area contributed by atoms with Gasteiger partial charge in [0.2, 0.25) is 0 Å². The van der Waals surface area contributed by atoms with Gasteiger partial charge < -0.3 is 66.8 Å². The van der Waals surface area contributed by atoms with E-state index in [1.807, 2.05) is 0 Å². The largest absolute Gasteiger partial charge is 0.394 e. The smallest absolute Gasteiger partial charge is 0.187 e. The van der Waals surface area contributed by atoms with Crippen molar-refractivity contribution >= 4 is 16.6 Å². The molecule has 15 atom stereocenters. The Kier molecular flexibility index (Phi) is 10.1. The topological polar surface area (TPSA) is 236 Å². The molecule has 1 aliphatic carbocycles. The van der Waals surface area contributed by atoms with E-state index in [1.165, 1.54) is 0 Å². The predicted molar refractivity (Wildman–Crippen MR) is 127 cm³/mol. The SMILES string of the molecule is C=[SH]#CC(C)[C@H]1O[C@@H](OC2CC(O)[C@H](N)CC(N)[C@H]2O[C@H]2OC(CO)[C@@H](O)C(O)C2N)C(O)C1O. The minimum atomic E-state index is -1.45. The van der Waals surface area contributed by atoms with E-state index in [4.69, 9.17) is 36.1 Å². The van der Waals surface area contributed by atoms with Crippen molar-refractivity contribution in [1.82, 2.24) is 0 Å². The molecule has 0 amide bonds. The highest BCUT2D eigenvalue weighted by Gasteiger charge is 2.50. The molecule has 2 heterocycles. The molecule has 12 N–H and O–H groups in total. The van der Waals surface area contributed by atoms with E-state index in [9.17, 15) is 30.6 Å². The van der Waals surface area contributed by atoms with E-state index in [2.05, 4.69) is 11.1 Å². The highest BCUT2D eigenvalue weighted by atomic mass is 32.1. The molecule has 204 valence electrons. The van der Waals surface area contributed by atoms with Crippen molar-refractivity contribution in [1.29, 1.82) is 0 Å². The van der Waals surface area contributed by atoms with Crippen molar-refractivity contribution in [3.63, 3.8) is 0 Å². The second kappa shape index (κ2) is 12.3. The van der Waals surface area contributed by atoms with Crippen LogP contribution in [0.15, 0.2) is 0 Å². The molecule has 13 nitrogen and oxygen atoms in total. The molecule has 3 fully saturated rings. The van der Waals surface area contributed by atoms with E-state index in [-0.39, 0.29) is 18.8 Å². The summed E-state index contributed by atoms with van der Waals surface area (Å²) in [4.78, 5) is 0. The van der Waals surface area contributed by atoms with E-state index in [1.54, 1.807) is 6.92 Å². The van der Waals surface area contributed by atoms with Crippen LogP contribution in [-0.2, 0) is 18.9 Å². The van der Waals surface area contributed by atoms with Crippen LogP contribution in [0.4, 0.5) is 0 Å². The van der Waals surface area contributed by atoms with Gasteiger partial charge in [0.15, 0.2) is 12.6 Å². The van der Waals surface area contributed by atoms with Gasteiger partial charge in [-0.15, -0.1) is 0 Å². The summed E-state index contributed by atoms with van der Waals surface area (Å²) in [6.07, 6.45) is -13.0. The first-order chi connectivity index (χ1) is 16.5. The molecule has 0 spiro atoms. The first-order valence-corrected chi connectivity index (χ1v) is 12.7. The van der Waals surface area contributed by atoms with Crippen LogP contribution in [-0.4, -0.2) is 129 Å². The van der Waals surface area contributed by atoms with Crippen molar-refractivity contribution in [2.45, 2.75) is 105 Å². The lowest BCUT2D eigenvalue weighted by Crippen LogP contribution is -2.64. The number of hydrogen-bond donors (Lipinski definition) is 10. The zero-order valence-corrected chi connectivity index (χ0v) is 20.4. The van der Waals surface area contributed by atoms with Gasteiger partial charge in [-0.25, -0.2) is 10.8 Å². The summed E-state index contributed by atoms with van der Waals surface area (Å²) in [5, 5.41) is 64.4. The third-order valence-corrected chi connectivity index (χ3v) is 7.46. The summed E-state index contributed by atoms with van der Waals surface area (Å²) in [5.74, 6) is 3.31. The lowest BCUT2D eigenvalue weighted by atomic mass is 9.97. The summed E-state index contributed by atoms with van der Waals surface area (Å²) < 4.78 is 23.3. The number of ether oxygens (including phenoxy) is 4. The molecule has 0 aromatic carbocycles. The van der Waals surface area contributed by atoms with Gasteiger partial charge in [0.25, 0.3) is 0 Å². The standard InChI is InChI=1S/C21H39N3O10S/c1-7(6-35-2)18-16(29)17(30)21(33-18)31-11-4-10(26)8(22)3-9(23)19(11)34-20-13(24)15(28)14(27)12(5-25)32-20/h7-21,25-30,35H,2-5,22-24H2,1H3/t7?,8-,9?,10?,11?,12?,13?,14-,15?,16?,17?,18-,19-,20-,21-/m1/s1. The number of thiol groups is 1. The molecule has 0 aromatic rings. The fourth-order valence-corrected chi connectivity index (χ4v) is 5.15. The molecule has 2 aliphatic heterocycles. The molecule has 9 unspecified atom stereocenters. The van der Waals surface area contributed by atoms with Crippen LogP contribution in [0.1, 0.15) is 19.8 Å². The van der Waals surface area contributed by atoms with Crippen LogP contribution in [0.25, 0.3) is 0 Å². The average molecular weight is 526 g/mol. The summed E-state index contributed by atoms with van der Waals surface area (Å²) in [7, 11) is 0.614. The fraction of sp³-hybridized carbons (Fsp3) is 0.905. The van der Waals surface area contributed by atoms with E-state index in [0.717, 1.165) is 0 Å². The molecule has 1 saturated carbocycles.